The Morgan fingerprint density at radius 3 is 2.89 bits per heavy atom. The number of aryl methyl sites for hydroxylation is 1. The van der Waals surface area contributed by atoms with Gasteiger partial charge in [0.05, 0.1) is 18.4 Å². The van der Waals surface area contributed by atoms with Crippen molar-refractivity contribution in [3.63, 3.8) is 0 Å². The van der Waals surface area contributed by atoms with Crippen molar-refractivity contribution in [1.29, 1.82) is 5.41 Å². The molecule has 4 rings (SSSR count). The van der Waals surface area contributed by atoms with Gasteiger partial charge in [-0.3, -0.25) is 4.90 Å². The van der Waals surface area contributed by atoms with E-state index in [4.69, 9.17) is 10.1 Å². The topological polar surface area (TPSA) is 54.1 Å². The average Bonchev–Trinajstić information content (AvgIpc) is 3.42. The molecule has 2 unspecified atom stereocenters. The van der Waals surface area contributed by atoms with Crippen molar-refractivity contribution >= 4 is 11.9 Å². The van der Waals surface area contributed by atoms with E-state index in [2.05, 4.69) is 36.8 Å². The molecule has 6 heteroatoms. The zero-order valence-electron chi connectivity index (χ0n) is 21.8. The van der Waals surface area contributed by atoms with Crippen LogP contribution >= 0.6 is 0 Å². The Labute approximate surface area is 209 Å². The molecule has 2 heterocycles. The van der Waals surface area contributed by atoms with Crippen LogP contribution in [0.15, 0.2) is 30.5 Å². The van der Waals surface area contributed by atoms with Gasteiger partial charge in [-0.2, -0.15) is 5.10 Å². The Morgan fingerprint density at radius 1 is 1.26 bits per heavy atom. The predicted octanol–water partition coefficient (Wildman–Crippen LogP) is 6.69. The molecule has 1 aromatic heterocycles. The molecule has 4 atom stereocenters. The fourth-order valence-electron chi connectivity index (χ4n) is 5.80. The summed E-state index contributed by atoms with van der Waals surface area (Å²) in [7, 11) is 0. The molecular formula is C29H41FN4O. The van der Waals surface area contributed by atoms with E-state index in [1.54, 1.807) is 12.3 Å². The molecule has 2 aliphatic rings. The Hall–Kier alpha value is -2.31. The van der Waals surface area contributed by atoms with E-state index in [0.717, 1.165) is 67.1 Å². The normalized spacial score (nSPS) is 24.3. The van der Waals surface area contributed by atoms with Gasteiger partial charge in [0.1, 0.15) is 5.82 Å². The van der Waals surface area contributed by atoms with Crippen LogP contribution in [0.4, 0.5) is 4.39 Å². The SMILES string of the molecule is Cc1ccc(F)cc1[C@H]1CCCN1C/C=C\n1ncc(C(=N)CC(C)OC2CCC[C@H](C)C2)c1C. The van der Waals surface area contributed by atoms with Crippen LogP contribution in [0.25, 0.3) is 6.20 Å². The summed E-state index contributed by atoms with van der Waals surface area (Å²) in [5.41, 5.74) is 4.69. The molecule has 1 N–H and O–H groups in total. The molecule has 0 radical (unpaired) electrons. The van der Waals surface area contributed by atoms with Gasteiger partial charge < -0.3 is 10.1 Å². The third kappa shape index (κ3) is 6.47. The minimum atomic E-state index is -0.164. The number of hydrogen-bond donors (Lipinski definition) is 1. The second kappa shape index (κ2) is 11.6. The summed E-state index contributed by atoms with van der Waals surface area (Å²) < 4.78 is 22.0. The van der Waals surface area contributed by atoms with Gasteiger partial charge in [0.25, 0.3) is 0 Å². The van der Waals surface area contributed by atoms with Crippen molar-refractivity contribution in [1.82, 2.24) is 14.7 Å². The monoisotopic (exact) mass is 480 g/mol. The number of aromatic nitrogens is 2. The molecule has 0 spiro atoms. The van der Waals surface area contributed by atoms with E-state index in [0.29, 0.717) is 18.2 Å². The van der Waals surface area contributed by atoms with Crippen LogP contribution < -0.4 is 0 Å². The van der Waals surface area contributed by atoms with Crippen molar-refractivity contribution in [3.05, 3.63) is 58.7 Å². The molecule has 5 nitrogen and oxygen atoms in total. The first-order valence-corrected chi connectivity index (χ1v) is 13.3. The van der Waals surface area contributed by atoms with Gasteiger partial charge >= 0.3 is 0 Å². The number of ether oxygens (including phenoxy) is 1. The minimum Gasteiger partial charge on any atom is -0.375 e. The molecule has 1 aliphatic carbocycles. The van der Waals surface area contributed by atoms with Gasteiger partial charge in [-0.1, -0.05) is 31.9 Å². The fourth-order valence-corrected chi connectivity index (χ4v) is 5.80. The van der Waals surface area contributed by atoms with Crippen molar-refractivity contribution in [2.24, 2.45) is 5.92 Å². The minimum absolute atomic E-state index is 0.0365. The molecule has 1 aromatic carbocycles. The summed E-state index contributed by atoms with van der Waals surface area (Å²) in [6, 6.07) is 5.36. The van der Waals surface area contributed by atoms with E-state index < -0.39 is 0 Å². The lowest BCUT2D eigenvalue weighted by atomic mass is 9.88. The summed E-state index contributed by atoms with van der Waals surface area (Å²) in [5, 5.41) is 13.2. The lowest BCUT2D eigenvalue weighted by Crippen LogP contribution is -2.27. The number of nitrogens with zero attached hydrogens (tertiary/aromatic N) is 3. The highest BCUT2D eigenvalue weighted by atomic mass is 19.1. The third-order valence-corrected chi connectivity index (χ3v) is 7.72. The summed E-state index contributed by atoms with van der Waals surface area (Å²) in [4.78, 5) is 2.41. The zero-order chi connectivity index (χ0) is 24.9. The maximum absolute atomic E-state index is 13.9. The van der Waals surface area contributed by atoms with Crippen LogP contribution in [-0.2, 0) is 4.74 Å². The van der Waals surface area contributed by atoms with E-state index in [1.165, 1.54) is 18.9 Å². The van der Waals surface area contributed by atoms with Crippen LogP contribution in [0.1, 0.15) is 87.2 Å². The van der Waals surface area contributed by atoms with Gasteiger partial charge in [0, 0.05) is 42.2 Å². The summed E-state index contributed by atoms with van der Waals surface area (Å²) >= 11 is 0. The van der Waals surface area contributed by atoms with Crippen molar-refractivity contribution < 1.29 is 9.13 Å². The smallest absolute Gasteiger partial charge is 0.123 e. The maximum Gasteiger partial charge on any atom is 0.123 e. The second-order valence-electron chi connectivity index (χ2n) is 10.7. The van der Waals surface area contributed by atoms with Crippen molar-refractivity contribution in [3.8, 4) is 0 Å². The lowest BCUT2D eigenvalue weighted by Gasteiger charge is -2.29. The van der Waals surface area contributed by atoms with Gasteiger partial charge in [0.2, 0.25) is 0 Å². The number of likely N-dealkylation sites (tertiary alicyclic amines) is 1. The molecule has 1 saturated carbocycles. The first-order valence-electron chi connectivity index (χ1n) is 13.3. The van der Waals surface area contributed by atoms with Gasteiger partial charge in [-0.15, -0.1) is 0 Å². The number of halogens is 1. The van der Waals surface area contributed by atoms with Crippen LogP contribution in [0.2, 0.25) is 0 Å². The fraction of sp³-hybridized carbons (Fsp3) is 0.586. The molecule has 0 bridgehead atoms. The Morgan fingerprint density at radius 2 is 2.09 bits per heavy atom. The molecule has 35 heavy (non-hydrogen) atoms. The maximum atomic E-state index is 13.9. The van der Waals surface area contributed by atoms with Crippen molar-refractivity contribution in [2.75, 3.05) is 13.1 Å². The molecule has 1 saturated heterocycles. The molecule has 190 valence electrons. The zero-order valence-corrected chi connectivity index (χ0v) is 21.8. The van der Waals surface area contributed by atoms with Gasteiger partial charge in [-0.05, 0) is 82.2 Å². The van der Waals surface area contributed by atoms with E-state index in [-0.39, 0.29) is 18.0 Å². The number of nitrogens with one attached hydrogen (secondary N) is 1. The number of rotatable bonds is 9. The standard InChI is InChI=1S/C29H41FN4O/c1-20-8-5-9-25(16-20)35-22(3)17-28(31)27-19-32-34(23(27)4)15-7-14-33-13-6-10-29(33)26-18-24(30)12-11-21(26)2/h7,11-12,15,18-20,22,25,29,31H,5-6,8-10,13-14,16-17H2,1-4H3/b15-7-,31-28?/t20-,22?,25?,29+/m0/s1. The largest absolute Gasteiger partial charge is 0.375 e. The van der Waals surface area contributed by atoms with Crippen molar-refractivity contribution in [2.45, 2.75) is 90.9 Å². The van der Waals surface area contributed by atoms with Crippen LogP contribution in [0.5, 0.6) is 0 Å². The third-order valence-electron chi connectivity index (χ3n) is 7.72. The Kier molecular flexibility index (Phi) is 8.55. The lowest BCUT2D eigenvalue weighted by molar-refractivity contribution is -0.0268. The highest BCUT2D eigenvalue weighted by Gasteiger charge is 2.26. The average molecular weight is 481 g/mol. The van der Waals surface area contributed by atoms with E-state index in [9.17, 15) is 4.39 Å². The second-order valence-corrected chi connectivity index (χ2v) is 10.7. The Balaban J connectivity index is 1.33. The quantitative estimate of drug-likeness (QED) is 0.407. The first kappa shape index (κ1) is 25.8. The molecule has 2 aromatic rings. The number of hydrogen-bond acceptors (Lipinski definition) is 4. The van der Waals surface area contributed by atoms with Crippen LogP contribution in [0.3, 0.4) is 0 Å². The summed E-state index contributed by atoms with van der Waals surface area (Å²) in [6.45, 7) is 10.3. The molecule has 0 amide bonds. The molecule has 1 aliphatic heterocycles. The highest BCUT2D eigenvalue weighted by molar-refractivity contribution is 5.99. The Bertz CT molecular complexity index is 1050. The highest BCUT2D eigenvalue weighted by Crippen LogP contribution is 2.34. The summed E-state index contributed by atoms with van der Waals surface area (Å²) in [5.74, 6) is 0.574. The van der Waals surface area contributed by atoms with Crippen LogP contribution in [0, 0.1) is 31.0 Å². The van der Waals surface area contributed by atoms with Crippen LogP contribution in [-0.4, -0.2) is 45.7 Å². The molecule has 2 fully saturated rings. The number of benzene rings is 1. The predicted molar refractivity (Wildman–Crippen MR) is 140 cm³/mol. The first-order chi connectivity index (χ1) is 16.8. The van der Waals surface area contributed by atoms with E-state index >= 15 is 0 Å². The van der Waals surface area contributed by atoms with Gasteiger partial charge in [-0.25, -0.2) is 9.07 Å². The van der Waals surface area contributed by atoms with Gasteiger partial charge in [0.15, 0.2) is 0 Å². The summed E-state index contributed by atoms with van der Waals surface area (Å²) in [6.07, 6.45) is 13.9. The van der Waals surface area contributed by atoms with E-state index in [1.807, 2.05) is 23.9 Å². The molecular weight excluding hydrogens is 439 g/mol.